The van der Waals surface area contributed by atoms with Crippen molar-refractivity contribution in [3.8, 4) is 28.4 Å². The molecular formula is C23H23NO5. The summed E-state index contributed by atoms with van der Waals surface area (Å²) in [7, 11) is 0. The molecule has 29 heavy (non-hydrogen) atoms. The summed E-state index contributed by atoms with van der Waals surface area (Å²) in [4.78, 5) is 15.3. The fraction of sp³-hybridized carbons (Fsp3) is 0.348. The van der Waals surface area contributed by atoms with Crippen molar-refractivity contribution < 1.29 is 19.0 Å². The van der Waals surface area contributed by atoms with E-state index in [9.17, 15) is 9.90 Å². The number of hydrogen-bond donors (Lipinski definition) is 1. The monoisotopic (exact) mass is 393 g/mol. The van der Waals surface area contributed by atoms with Crippen molar-refractivity contribution in [3.63, 3.8) is 0 Å². The smallest absolute Gasteiger partial charge is 0.344 e. The summed E-state index contributed by atoms with van der Waals surface area (Å²) in [6.07, 6.45) is 3.55. The molecule has 2 aliphatic heterocycles. The molecule has 5 rings (SSSR count). The highest BCUT2D eigenvalue weighted by Gasteiger charge is 2.22. The summed E-state index contributed by atoms with van der Waals surface area (Å²) >= 11 is 0. The number of phenols is 1. The highest BCUT2D eigenvalue weighted by molar-refractivity contribution is 5.90. The quantitative estimate of drug-likeness (QED) is 0.673. The molecule has 1 saturated heterocycles. The predicted molar refractivity (Wildman–Crippen MR) is 110 cm³/mol. The van der Waals surface area contributed by atoms with Crippen molar-refractivity contribution in [2.24, 2.45) is 0 Å². The third-order valence-electron chi connectivity index (χ3n) is 5.91. The number of phenolic OH excluding ortho intramolecular Hbond substituents is 1. The van der Waals surface area contributed by atoms with Crippen LogP contribution in [0.1, 0.15) is 30.4 Å². The highest BCUT2D eigenvalue weighted by atomic mass is 16.7. The largest absolute Gasteiger partial charge is 0.507 e. The summed E-state index contributed by atoms with van der Waals surface area (Å²) in [5.41, 5.74) is 2.80. The zero-order valence-electron chi connectivity index (χ0n) is 16.4. The molecule has 2 aliphatic rings. The lowest BCUT2D eigenvalue weighted by Gasteiger charge is -2.27. The van der Waals surface area contributed by atoms with E-state index in [0.717, 1.165) is 42.4 Å². The van der Waals surface area contributed by atoms with Crippen LogP contribution in [0.25, 0.3) is 22.1 Å². The van der Waals surface area contributed by atoms with Gasteiger partial charge in [-0.3, -0.25) is 4.90 Å². The van der Waals surface area contributed by atoms with Gasteiger partial charge in [0.2, 0.25) is 6.79 Å². The lowest BCUT2D eigenvalue weighted by Crippen LogP contribution is -2.29. The van der Waals surface area contributed by atoms with E-state index in [1.165, 1.54) is 6.42 Å². The van der Waals surface area contributed by atoms with Crippen molar-refractivity contribution in [1.82, 2.24) is 4.90 Å². The molecule has 3 heterocycles. The van der Waals surface area contributed by atoms with Crippen LogP contribution >= 0.6 is 0 Å². The Morgan fingerprint density at radius 1 is 1.03 bits per heavy atom. The normalized spacial score (nSPS) is 16.4. The van der Waals surface area contributed by atoms with Crippen molar-refractivity contribution in [2.45, 2.75) is 32.7 Å². The third-order valence-corrected chi connectivity index (χ3v) is 5.91. The van der Waals surface area contributed by atoms with Gasteiger partial charge in [0.25, 0.3) is 0 Å². The Hall–Kier alpha value is -2.99. The zero-order chi connectivity index (χ0) is 20.0. The van der Waals surface area contributed by atoms with Gasteiger partial charge in [-0.2, -0.15) is 0 Å². The molecule has 0 bridgehead atoms. The van der Waals surface area contributed by atoms with Gasteiger partial charge in [0.05, 0.1) is 11.1 Å². The zero-order valence-corrected chi connectivity index (χ0v) is 16.4. The Balaban J connectivity index is 1.63. The van der Waals surface area contributed by atoms with Crippen molar-refractivity contribution in [1.29, 1.82) is 0 Å². The molecule has 0 amide bonds. The molecule has 1 fully saturated rings. The van der Waals surface area contributed by atoms with Crippen LogP contribution in [0.2, 0.25) is 0 Å². The fourth-order valence-electron chi connectivity index (χ4n) is 4.34. The van der Waals surface area contributed by atoms with Crippen LogP contribution < -0.4 is 15.1 Å². The van der Waals surface area contributed by atoms with Crippen LogP contribution in [-0.4, -0.2) is 29.9 Å². The predicted octanol–water partition coefficient (Wildman–Crippen LogP) is 4.19. The first-order valence-electron chi connectivity index (χ1n) is 10.0. The minimum atomic E-state index is -0.417. The Labute approximate surface area is 168 Å². The van der Waals surface area contributed by atoms with Crippen LogP contribution in [0.5, 0.6) is 17.2 Å². The number of benzene rings is 2. The van der Waals surface area contributed by atoms with Gasteiger partial charge < -0.3 is 19.0 Å². The summed E-state index contributed by atoms with van der Waals surface area (Å²) in [5, 5.41) is 11.3. The molecule has 1 N–H and O–H groups in total. The molecule has 0 unspecified atom stereocenters. The van der Waals surface area contributed by atoms with Crippen molar-refractivity contribution in [3.05, 3.63) is 51.9 Å². The minimum absolute atomic E-state index is 0.168. The Morgan fingerprint density at radius 2 is 1.83 bits per heavy atom. The second-order valence-electron chi connectivity index (χ2n) is 7.73. The number of hydrogen-bond acceptors (Lipinski definition) is 6. The van der Waals surface area contributed by atoms with Crippen LogP contribution in [0.15, 0.2) is 39.5 Å². The van der Waals surface area contributed by atoms with E-state index in [2.05, 4.69) is 4.90 Å². The van der Waals surface area contributed by atoms with E-state index in [4.69, 9.17) is 13.9 Å². The number of ether oxygens (including phenoxy) is 2. The maximum atomic E-state index is 13.0. The van der Waals surface area contributed by atoms with E-state index in [1.807, 2.05) is 25.1 Å². The lowest BCUT2D eigenvalue weighted by molar-refractivity contribution is 0.174. The van der Waals surface area contributed by atoms with Crippen LogP contribution in [0.3, 0.4) is 0 Å². The Morgan fingerprint density at radius 3 is 2.66 bits per heavy atom. The van der Waals surface area contributed by atoms with Gasteiger partial charge in [-0.25, -0.2) is 4.79 Å². The van der Waals surface area contributed by atoms with Gasteiger partial charge in [0, 0.05) is 11.9 Å². The van der Waals surface area contributed by atoms with E-state index in [-0.39, 0.29) is 12.5 Å². The van der Waals surface area contributed by atoms with Crippen LogP contribution in [0, 0.1) is 6.92 Å². The van der Waals surface area contributed by atoms with Gasteiger partial charge in [-0.1, -0.05) is 12.5 Å². The number of aromatic hydroxyl groups is 1. The van der Waals surface area contributed by atoms with Crippen molar-refractivity contribution >= 4 is 11.0 Å². The van der Waals surface area contributed by atoms with Gasteiger partial charge in [-0.15, -0.1) is 0 Å². The molecule has 0 radical (unpaired) electrons. The first-order valence-corrected chi connectivity index (χ1v) is 10.0. The maximum absolute atomic E-state index is 13.0. The molecule has 0 spiro atoms. The number of piperidine rings is 1. The fourth-order valence-corrected chi connectivity index (χ4v) is 4.34. The maximum Gasteiger partial charge on any atom is 0.344 e. The van der Waals surface area contributed by atoms with Crippen molar-refractivity contribution in [2.75, 3.05) is 19.9 Å². The van der Waals surface area contributed by atoms with Gasteiger partial charge >= 0.3 is 5.63 Å². The van der Waals surface area contributed by atoms with Gasteiger partial charge in [-0.05, 0) is 68.2 Å². The van der Waals surface area contributed by atoms with E-state index in [0.29, 0.717) is 34.8 Å². The third kappa shape index (κ3) is 3.13. The van der Waals surface area contributed by atoms with E-state index >= 15 is 0 Å². The molecule has 6 heteroatoms. The molecule has 0 aliphatic carbocycles. The standard InChI is InChI=1S/C23H23NO5/c1-14-16-6-7-18(25)17(12-24-9-3-2-4-10-24)22(16)29-23(26)21(14)15-5-8-19-20(11-15)28-13-27-19/h5-8,11,25H,2-4,9-10,12-13H2,1H3. The molecule has 1 aromatic heterocycles. The molecule has 2 aromatic carbocycles. The number of aryl methyl sites for hydroxylation is 1. The first-order chi connectivity index (χ1) is 14.1. The average Bonchev–Trinajstić information content (AvgIpc) is 3.19. The second-order valence-corrected chi connectivity index (χ2v) is 7.73. The summed E-state index contributed by atoms with van der Waals surface area (Å²) in [6.45, 7) is 4.67. The molecule has 0 atom stereocenters. The van der Waals surface area contributed by atoms with Gasteiger partial charge in [0.15, 0.2) is 11.5 Å². The molecule has 3 aromatic rings. The highest BCUT2D eigenvalue weighted by Crippen LogP contribution is 2.38. The second kappa shape index (κ2) is 7.12. The summed E-state index contributed by atoms with van der Waals surface area (Å²) in [6, 6.07) is 8.96. The molecular weight excluding hydrogens is 370 g/mol. The SMILES string of the molecule is Cc1c(-c2ccc3c(c2)OCO3)c(=O)oc2c(CN3CCCCC3)c(O)ccc12. The van der Waals surface area contributed by atoms with Gasteiger partial charge in [0.1, 0.15) is 11.3 Å². The van der Waals surface area contributed by atoms with E-state index < -0.39 is 5.63 Å². The number of fused-ring (bicyclic) bond motifs is 2. The topological polar surface area (TPSA) is 72.1 Å². The van der Waals surface area contributed by atoms with Crippen LogP contribution in [-0.2, 0) is 6.54 Å². The minimum Gasteiger partial charge on any atom is -0.507 e. The first kappa shape index (κ1) is 18.1. The number of likely N-dealkylation sites (tertiary alicyclic amines) is 1. The molecule has 0 saturated carbocycles. The average molecular weight is 393 g/mol. The van der Waals surface area contributed by atoms with Crippen LogP contribution in [0.4, 0.5) is 0 Å². The molecule has 150 valence electrons. The Bertz CT molecular complexity index is 1140. The number of rotatable bonds is 3. The number of nitrogens with zero attached hydrogens (tertiary/aromatic N) is 1. The summed E-state index contributed by atoms with van der Waals surface area (Å²) < 4.78 is 16.6. The Kier molecular flexibility index (Phi) is 4.43. The molecule has 6 nitrogen and oxygen atoms in total. The lowest BCUT2D eigenvalue weighted by atomic mass is 9.97. The van der Waals surface area contributed by atoms with E-state index in [1.54, 1.807) is 12.1 Å². The summed E-state index contributed by atoms with van der Waals surface area (Å²) in [5.74, 6) is 1.46.